The highest BCUT2D eigenvalue weighted by atomic mass is 16.3. The fourth-order valence-corrected chi connectivity index (χ4v) is 3.13. The summed E-state index contributed by atoms with van der Waals surface area (Å²) in [7, 11) is 0. The van der Waals surface area contributed by atoms with E-state index in [0.29, 0.717) is 5.92 Å². The third-order valence-corrected chi connectivity index (χ3v) is 4.48. The van der Waals surface area contributed by atoms with Gasteiger partial charge in [-0.15, -0.1) is 0 Å². The first-order valence-corrected chi connectivity index (χ1v) is 6.23. The molecule has 0 aliphatic heterocycles. The van der Waals surface area contributed by atoms with Crippen LogP contribution in [0.2, 0.25) is 0 Å². The Kier molecular flexibility index (Phi) is 2.83. The van der Waals surface area contributed by atoms with Crippen LogP contribution >= 0.6 is 0 Å². The Morgan fingerprint density at radius 1 is 0.812 bits per heavy atom. The molecule has 16 heavy (non-hydrogen) atoms. The first-order valence-electron chi connectivity index (χ1n) is 6.23. The van der Waals surface area contributed by atoms with E-state index in [1.165, 1.54) is 33.4 Å². The van der Waals surface area contributed by atoms with Crippen molar-refractivity contribution in [2.45, 2.75) is 59.5 Å². The standard InChI is InChI=1S/C15H22O/c1-8-6-7-13(16)15-12(5)10(3)9(2)11(4)14(8)15/h8,13,16H,6-7H2,1-5H3. The zero-order valence-electron chi connectivity index (χ0n) is 11.0. The number of hydrogen-bond donors (Lipinski definition) is 1. The Balaban J connectivity index is 2.79. The van der Waals surface area contributed by atoms with Gasteiger partial charge in [0.1, 0.15) is 0 Å². The summed E-state index contributed by atoms with van der Waals surface area (Å²) in [6.07, 6.45) is 1.78. The van der Waals surface area contributed by atoms with Gasteiger partial charge in [0.05, 0.1) is 6.10 Å². The van der Waals surface area contributed by atoms with Crippen LogP contribution in [-0.2, 0) is 0 Å². The molecule has 1 heteroatoms. The van der Waals surface area contributed by atoms with Crippen LogP contribution in [0.5, 0.6) is 0 Å². The highest BCUT2D eigenvalue weighted by Gasteiger charge is 2.28. The Labute approximate surface area is 98.5 Å². The zero-order valence-corrected chi connectivity index (χ0v) is 11.0. The number of aliphatic hydroxyl groups excluding tert-OH is 1. The minimum Gasteiger partial charge on any atom is -0.388 e. The molecule has 2 atom stereocenters. The van der Waals surface area contributed by atoms with E-state index in [9.17, 15) is 5.11 Å². The predicted molar refractivity (Wildman–Crippen MR) is 68.0 cm³/mol. The Hall–Kier alpha value is -0.820. The number of hydrogen-bond acceptors (Lipinski definition) is 1. The SMILES string of the molecule is Cc1c(C)c(C)c2c(c1C)C(C)CCC2O. The molecule has 0 amide bonds. The van der Waals surface area contributed by atoms with Gasteiger partial charge in [0, 0.05) is 0 Å². The summed E-state index contributed by atoms with van der Waals surface area (Å²) in [5.74, 6) is 0.594. The third kappa shape index (κ3) is 1.49. The summed E-state index contributed by atoms with van der Waals surface area (Å²) in [5, 5.41) is 10.2. The lowest BCUT2D eigenvalue weighted by Gasteiger charge is -2.32. The Morgan fingerprint density at radius 2 is 1.31 bits per heavy atom. The van der Waals surface area contributed by atoms with Gasteiger partial charge in [-0.25, -0.2) is 0 Å². The largest absolute Gasteiger partial charge is 0.388 e. The van der Waals surface area contributed by atoms with Crippen LogP contribution in [0, 0.1) is 27.7 Å². The summed E-state index contributed by atoms with van der Waals surface area (Å²) in [6.45, 7) is 11.0. The highest BCUT2D eigenvalue weighted by molar-refractivity contribution is 5.53. The number of fused-ring (bicyclic) bond motifs is 1. The maximum absolute atomic E-state index is 10.2. The third-order valence-electron chi connectivity index (χ3n) is 4.48. The van der Waals surface area contributed by atoms with Gasteiger partial charge >= 0.3 is 0 Å². The summed E-state index contributed by atoms with van der Waals surface area (Å²) in [4.78, 5) is 0. The smallest absolute Gasteiger partial charge is 0.0795 e. The number of aliphatic hydroxyl groups is 1. The summed E-state index contributed by atoms with van der Waals surface area (Å²) >= 11 is 0. The van der Waals surface area contributed by atoms with Crippen molar-refractivity contribution in [3.63, 3.8) is 0 Å². The maximum atomic E-state index is 10.2. The molecule has 1 aliphatic rings. The van der Waals surface area contributed by atoms with Crippen molar-refractivity contribution in [1.29, 1.82) is 0 Å². The summed E-state index contributed by atoms with van der Waals surface area (Å²) < 4.78 is 0. The first-order chi connectivity index (χ1) is 7.45. The van der Waals surface area contributed by atoms with E-state index >= 15 is 0 Å². The van der Waals surface area contributed by atoms with Gasteiger partial charge in [-0.2, -0.15) is 0 Å². The van der Waals surface area contributed by atoms with Crippen molar-refractivity contribution in [3.05, 3.63) is 33.4 Å². The van der Waals surface area contributed by atoms with Gasteiger partial charge < -0.3 is 5.11 Å². The molecule has 0 saturated heterocycles. The van der Waals surface area contributed by atoms with Crippen molar-refractivity contribution in [3.8, 4) is 0 Å². The molecule has 1 aliphatic carbocycles. The van der Waals surface area contributed by atoms with E-state index in [4.69, 9.17) is 0 Å². The molecule has 0 aromatic heterocycles. The predicted octanol–water partition coefficient (Wildman–Crippen LogP) is 3.85. The molecule has 1 N–H and O–H groups in total. The lowest BCUT2D eigenvalue weighted by molar-refractivity contribution is 0.150. The molecule has 88 valence electrons. The van der Waals surface area contributed by atoms with Crippen LogP contribution in [0.3, 0.4) is 0 Å². The monoisotopic (exact) mass is 218 g/mol. The van der Waals surface area contributed by atoms with Crippen molar-refractivity contribution in [2.24, 2.45) is 0 Å². The van der Waals surface area contributed by atoms with Crippen LogP contribution in [0.15, 0.2) is 0 Å². The molecular weight excluding hydrogens is 196 g/mol. The van der Waals surface area contributed by atoms with Crippen LogP contribution < -0.4 is 0 Å². The molecule has 0 saturated carbocycles. The number of benzene rings is 1. The van der Waals surface area contributed by atoms with Gasteiger partial charge in [-0.1, -0.05) is 6.92 Å². The Bertz CT molecular complexity index is 391. The Morgan fingerprint density at radius 3 is 1.88 bits per heavy atom. The van der Waals surface area contributed by atoms with E-state index in [2.05, 4.69) is 34.6 Å². The average Bonchev–Trinajstić information content (AvgIpc) is 2.26. The maximum Gasteiger partial charge on any atom is 0.0795 e. The van der Waals surface area contributed by atoms with Gasteiger partial charge in [-0.3, -0.25) is 0 Å². The van der Waals surface area contributed by atoms with Crippen LogP contribution in [0.4, 0.5) is 0 Å². The van der Waals surface area contributed by atoms with Gasteiger partial charge in [0.2, 0.25) is 0 Å². The lowest BCUT2D eigenvalue weighted by atomic mass is 9.75. The molecule has 2 rings (SSSR count). The fourth-order valence-electron chi connectivity index (χ4n) is 3.13. The molecule has 0 heterocycles. The van der Waals surface area contributed by atoms with Crippen molar-refractivity contribution in [1.82, 2.24) is 0 Å². The lowest BCUT2D eigenvalue weighted by Crippen LogP contribution is -2.17. The molecule has 2 unspecified atom stereocenters. The first kappa shape index (κ1) is 11.7. The van der Waals surface area contributed by atoms with E-state index in [-0.39, 0.29) is 6.10 Å². The molecule has 0 bridgehead atoms. The minimum absolute atomic E-state index is 0.246. The molecule has 1 aromatic carbocycles. The van der Waals surface area contributed by atoms with Crippen LogP contribution in [-0.4, -0.2) is 5.11 Å². The molecular formula is C15H22O. The summed E-state index contributed by atoms with van der Waals surface area (Å²) in [6, 6.07) is 0. The second kappa shape index (κ2) is 3.89. The highest BCUT2D eigenvalue weighted by Crippen LogP contribution is 2.42. The van der Waals surface area contributed by atoms with E-state index in [1.807, 2.05) is 0 Å². The minimum atomic E-state index is -0.246. The van der Waals surface area contributed by atoms with Gasteiger partial charge in [-0.05, 0) is 79.8 Å². The molecule has 1 nitrogen and oxygen atoms in total. The van der Waals surface area contributed by atoms with Gasteiger partial charge in [0.15, 0.2) is 0 Å². The van der Waals surface area contributed by atoms with E-state index < -0.39 is 0 Å². The normalized spacial score (nSPS) is 24.4. The van der Waals surface area contributed by atoms with E-state index in [0.717, 1.165) is 12.8 Å². The van der Waals surface area contributed by atoms with Crippen molar-refractivity contribution in [2.75, 3.05) is 0 Å². The molecule has 0 radical (unpaired) electrons. The molecule has 0 fully saturated rings. The number of rotatable bonds is 0. The second-order valence-corrected chi connectivity index (χ2v) is 5.32. The topological polar surface area (TPSA) is 20.2 Å². The quantitative estimate of drug-likeness (QED) is 0.701. The van der Waals surface area contributed by atoms with Crippen molar-refractivity contribution < 1.29 is 5.11 Å². The van der Waals surface area contributed by atoms with Crippen LogP contribution in [0.1, 0.15) is 65.2 Å². The molecule has 1 aromatic rings. The van der Waals surface area contributed by atoms with Gasteiger partial charge in [0.25, 0.3) is 0 Å². The summed E-state index contributed by atoms with van der Waals surface area (Å²) in [5.41, 5.74) is 8.09. The fraction of sp³-hybridized carbons (Fsp3) is 0.600. The van der Waals surface area contributed by atoms with Crippen molar-refractivity contribution >= 4 is 0 Å². The molecule has 0 spiro atoms. The zero-order chi connectivity index (χ0) is 12.0. The van der Waals surface area contributed by atoms with E-state index in [1.54, 1.807) is 0 Å². The second-order valence-electron chi connectivity index (χ2n) is 5.32. The average molecular weight is 218 g/mol. The van der Waals surface area contributed by atoms with Crippen LogP contribution in [0.25, 0.3) is 0 Å².